The molecular formula is C11H16N6O2S. The zero-order chi connectivity index (χ0) is 14.6. The zero-order valence-corrected chi connectivity index (χ0v) is 11.8. The van der Waals surface area contributed by atoms with Gasteiger partial charge in [0.05, 0.1) is 10.9 Å². The predicted octanol–water partition coefficient (Wildman–Crippen LogP) is -0.260. The molecule has 9 heteroatoms. The Morgan fingerprint density at radius 1 is 1.35 bits per heavy atom. The molecule has 1 unspecified atom stereocenters. The number of aromatic nitrogens is 4. The number of tetrazole rings is 1. The van der Waals surface area contributed by atoms with Crippen molar-refractivity contribution in [2.75, 3.05) is 6.54 Å². The fourth-order valence-corrected chi connectivity index (χ4v) is 2.91. The smallest absolute Gasteiger partial charge is 0.241 e. The third kappa shape index (κ3) is 3.38. The summed E-state index contributed by atoms with van der Waals surface area (Å²) in [7, 11) is -3.62. The van der Waals surface area contributed by atoms with Gasteiger partial charge in [0.25, 0.3) is 0 Å². The molecule has 0 radical (unpaired) electrons. The third-order valence-electron chi connectivity index (χ3n) is 2.75. The molecule has 0 bridgehead atoms. The lowest BCUT2D eigenvalue weighted by Crippen LogP contribution is -2.27. The van der Waals surface area contributed by atoms with E-state index in [4.69, 9.17) is 5.73 Å². The van der Waals surface area contributed by atoms with E-state index >= 15 is 0 Å². The molecule has 4 N–H and O–H groups in total. The molecule has 108 valence electrons. The predicted molar refractivity (Wildman–Crippen MR) is 72.1 cm³/mol. The zero-order valence-electron chi connectivity index (χ0n) is 10.9. The second-order valence-electron chi connectivity index (χ2n) is 4.30. The molecule has 0 saturated carbocycles. The highest BCUT2D eigenvalue weighted by Gasteiger charge is 2.20. The van der Waals surface area contributed by atoms with Crippen molar-refractivity contribution >= 4 is 10.0 Å². The monoisotopic (exact) mass is 296 g/mol. The molecule has 1 atom stereocenters. The van der Waals surface area contributed by atoms with Crippen LogP contribution in [0.3, 0.4) is 0 Å². The van der Waals surface area contributed by atoms with Crippen molar-refractivity contribution in [2.24, 2.45) is 5.73 Å². The Hall–Kier alpha value is -1.84. The van der Waals surface area contributed by atoms with E-state index in [1.165, 1.54) is 0 Å². The number of nitrogens with two attached hydrogens (primary N) is 1. The maximum atomic E-state index is 12.2. The van der Waals surface area contributed by atoms with E-state index in [1.54, 1.807) is 31.2 Å². The number of hydrogen-bond acceptors (Lipinski definition) is 6. The maximum Gasteiger partial charge on any atom is 0.241 e. The summed E-state index contributed by atoms with van der Waals surface area (Å²) in [5, 5.41) is 13.2. The Kier molecular flexibility index (Phi) is 4.42. The van der Waals surface area contributed by atoms with Gasteiger partial charge in [-0.2, -0.15) is 5.21 Å². The molecule has 1 aromatic heterocycles. The van der Waals surface area contributed by atoms with E-state index < -0.39 is 16.1 Å². The fourth-order valence-electron chi connectivity index (χ4n) is 1.71. The standard InChI is InChI=1S/C11H16N6O2S/c1-8(11-13-16-17-14-11)15-20(18,19)10-4-2-9(3-5-10)6-7-12/h2-5,8,15H,6-7,12H2,1H3,(H,13,14,16,17). The van der Waals surface area contributed by atoms with Gasteiger partial charge in [-0.1, -0.05) is 17.3 Å². The van der Waals surface area contributed by atoms with Crippen molar-refractivity contribution in [3.8, 4) is 0 Å². The van der Waals surface area contributed by atoms with Crippen LogP contribution in [0.1, 0.15) is 24.4 Å². The van der Waals surface area contributed by atoms with Crippen LogP contribution in [0.25, 0.3) is 0 Å². The van der Waals surface area contributed by atoms with Crippen molar-refractivity contribution in [3.63, 3.8) is 0 Å². The van der Waals surface area contributed by atoms with Crippen LogP contribution < -0.4 is 10.5 Å². The van der Waals surface area contributed by atoms with Crippen LogP contribution in [0.5, 0.6) is 0 Å². The van der Waals surface area contributed by atoms with Gasteiger partial charge in [0, 0.05) is 0 Å². The Bertz CT molecular complexity index is 638. The summed E-state index contributed by atoms with van der Waals surface area (Å²) < 4.78 is 26.9. The topological polar surface area (TPSA) is 127 Å². The SMILES string of the molecule is CC(NS(=O)(=O)c1ccc(CCN)cc1)c1nn[nH]n1. The van der Waals surface area contributed by atoms with Gasteiger partial charge in [-0.25, -0.2) is 13.1 Å². The molecule has 0 spiro atoms. The average molecular weight is 296 g/mol. The van der Waals surface area contributed by atoms with Crippen LogP contribution in [0.4, 0.5) is 0 Å². The minimum absolute atomic E-state index is 0.189. The highest BCUT2D eigenvalue weighted by Crippen LogP contribution is 2.14. The lowest BCUT2D eigenvalue weighted by molar-refractivity contribution is 0.560. The van der Waals surface area contributed by atoms with E-state index in [-0.39, 0.29) is 10.7 Å². The van der Waals surface area contributed by atoms with Crippen molar-refractivity contribution in [1.82, 2.24) is 25.3 Å². The molecular weight excluding hydrogens is 280 g/mol. The summed E-state index contributed by atoms with van der Waals surface area (Å²) in [6.07, 6.45) is 0.715. The van der Waals surface area contributed by atoms with E-state index in [9.17, 15) is 8.42 Å². The van der Waals surface area contributed by atoms with Gasteiger partial charge in [-0.15, -0.1) is 10.2 Å². The Labute approximate surface area is 116 Å². The molecule has 1 heterocycles. The summed E-state index contributed by atoms with van der Waals surface area (Å²) in [6.45, 7) is 2.17. The van der Waals surface area contributed by atoms with Gasteiger partial charge in [0.15, 0.2) is 5.82 Å². The molecule has 0 saturated heterocycles. The molecule has 20 heavy (non-hydrogen) atoms. The van der Waals surface area contributed by atoms with Crippen molar-refractivity contribution < 1.29 is 8.42 Å². The van der Waals surface area contributed by atoms with Crippen LogP contribution in [-0.2, 0) is 16.4 Å². The lowest BCUT2D eigenvalue weighted by atomic mass is 10.2. The van der Waals surface area contributed by atoms with Gasteiger partial charge in [0.1, 0.15) is 0 Å². The minimum Gasteiger partial charge on any atom is -0.330 e. The van der Waals surface area contributed by atoms with Gasteiger partial charge in [-0.05, 0) is 37.6 Å². The second kappa shape index (κ2) is 6.07. The number of nitrogens with one attached hydrogen (secondary N) is 2. The maximum absolute atomic E-state index is 12.2. The molecule has 2 aromatic rings. The highest BCUT2D eigenvalue weighted by molar-refractivity contribution is 7.89. The van der Waals surface area contributed by atoms with E-state index in [1.807, 2.05) is 0 Å². The van der Waals surface area contributed by atoms with Crippen LogP contribution in [0, 0.1) is 0 Å². The fraction of sp³-hybridized carbons (Fsp3) is 0.364. The Morgan fingerprint density at radius 2 is 2.05 bits per heavy atom. The number of nitrogens with zero attached hydrogens (tertiary/aromatic N) is 3. The van der Waals surface area contributed by atoms with E-state index in [0.29, 0.717) is 13.0 Å². The van der Waals surface area contributed by atoms with Gasteiger partial charge in [0.2, 0.25) is 10.0 Å². The molecule has 1 aromatic carbocycles. The van der Waals surface area contributed by atoms with Crippen molar-refractivity contribution in [3.05, 3.63) is 35.7 Å². The van der Waals surface area contributed by atoms with E-state index in [0.717, 1.165) is 5.56 Å². The molecule has 0 amide bonds. The number of hydrogen-bond donors (Lipinski definition) is 3. The summed E-state index contributed by atoms with van der Waals surface area (Å²) in [5.74, 6) is 0.285. The number of aromatic amines is 1. The van der Waals surface area contributed by atoms with Crippen LogP contribution in [0.2, 0.25) is 0 Å². The molecule has 0 fully saturated rings. The normalized spacial score (nSPS) is 13.3. The first-order chi connectivity index (χ1) is 9.53. The first-order valence-electron chi connectivity index (χ1n) is 6.07. The largest absolute Gasteiger partial charge is 0.330 e. The lowest BCUT2D eigenvalue weighted by Gasteiger charge is -2.11. The molecule has 8 nitrogen and oxygen atoms in total. The number of benzene rings is 1. The number of H-pyrrole nitrogens is 1. The third-order valence-corrected chi connectivity index (χ3v) is 4.30. The minimum atomic E-state index is -3.62. The summed E-state index contributed by atoms with van der Waals surface area (Å²) in [5.41, 5.74) is 6.45. The Morgan fingerprint density at radius 3 is 2.60 bits per heavy atom. The first kappa shape index (κ1) is 14.6. The van der Waals surface area contributed by atoms with Gasteiger partial charge >= 0.3 is 0 Å². The summed E-state index contributed by atoms with van der Waals surface area (Å²) >= 11 is 0. The highest BCUT2D eigenvalue weighted by atomic mass is 32.2. The molecule has 0 aliphatic rings. The van der Waals surface area contributed by atoms with E-state index in [2.05, 4.69) is 25.3 Å². The first-order valence-corrected chi connectivity index (χ1v) is 7.56. The molecule has 2 rings (SSSR count). The summed E-state index contributed by atoms with van der Waals surface area (Å²) in [4.78, 5) is 0.189. The van der Waals surface area contributed by atoms with Crippen molar-refractivity contribution in [2.45, 2.75) is 24.3 Å². The number of sulfonamides is 1. The van der Waals surface area contributed by atoms with Crippen LogP contribution in [0.15, 0.2) is 29.2 Å². The number of rotatable bonds is 6. The van der Waals surface area contributed by atoms with Crippen molar-refractivity contribution in [1.29, 1.82) is 0 Å². The molecule has 0 aliphatic heterocycles. The quantitative estimate of drug-likeness (QED) is 0.674. The van der Waals surface area contributed by atoms with Crippen LogP contribution >= 0.6 is 0 Å². The second-order valence-corrected chi connectivity index (χ2v) is 6.01. The average Bonchev–Trinajstić information content (AvgIpc) is 2.93. The summed E-state index contributed by atoms with van der Waals surface area (Å²) in [6, 6.07) is 6.04. The van der Waals surface area contributed by atoms with Gasteiger partial charge in [-0.3, -0.25) is 0 Å². The molecule has 0 aliphatic carbocycles. The van der Waals surface area contributed by atoms with Gasteiger partial charge < -0.3 is 5.73 Å². The van der Waals surface area contributed by atoms with Crippen LogP contribution in [-0.4, -0.2) is 35.6 Å². The Balaban J connectivity index is 2.13.